The van der Waals surface area contributed by atoms with E-state index >= 15 is 0 Å². The number of rotatable bonds is 6. The Morgan fingerprint density at radius 3 is 2.44 bits per heavy atom. The summed E-state index contributed by atoms with van der Waals surface area (Å²) in [4.78, 5) is 12.7. The number of nitrogens with zero attached hydrogens (tertiary/aromatic N) is 2. The van der Waals surface area contributed by atoms with Gasteiger partial charge in [0, 0.05) is 5.92 Å². The van der Waals surface area contributed by atoms with Crippen molar-refractivity contribution in [1.29, 1.82) is 0 Å². The highest BCUT2D eigenvalue weighted by Crippen LogP contribution is 2.38. The minimum atomic E-state index is -1.12. The van der Waals surface area contributed by atoms with Crippen LogP contribution in [0.15, 0.2) is 60.8 Å². The standard InChI is InChI=1S/C25H27N5O3S/c1-25(2,33)16-12-18(21(32)20(16)31)28-22-15(23-29-17-10-6-7-11-19(17)34-23)13-26-24(30-22)27-14-8-4-3-5-9-14/h3-11,13,16,18,20-21,31-33H,12H2,1-2H3,(H2,26,27,28,30)/p+1/t16-,18+,20+,21-/m0/s1. The van der Waals surface area contributed by atoms with Crippen LogP contribution in [0.4, 0.5) is 17.5 Å². The average Bonchev–Trinajstić information content (AvgIpc) is 3.36. The Morgan fingerprint density at radius 2 is 1.74 bits per heavy atom. The summed E-state index contributed by atoms with van der Waals surface area (Å²) in [6.07, 6.45) is 0.146. The molecule has 2 aromatic heterocycles. The van der Waals surface area contributed by atoms with E-state index in [-0.39, 0.29) is 0 Å². The van der Waals surface area contributed by atoms with Crippen molar-refractivity contribution in [1.82, 2.24) is 9.97 Å². The zero-order chi connectivity index (χ0) is 23.9. The Morgan fingerprint density at radius 1 is 1.00 bits per heavy atom. The Kier molecular flexibility index (Phi) is 5.95. The molecule has 0 saturated heterocycles. The van der Waals surface area contributed by atoms with E-state index in [1.807, 2.05) is 60.8 Å². The van der Waals surface area contributed by atoms with Crippen molar-refractivity contribution in [2.45, 2.75) is 44.1 Å². The summed E-state index contributed by atoms with van der Waals surface area (Å²) >= 11 is 1.56. The van der Waals surface area contributed by atoms with Crippen molar-refractivity contribution in [3.05, 3.63) is 60.8 Å². The number of aromatic nitrogens is 3. The fourth-order valence-electron chi connectivity index (χ4n) is 4.45. The van der Waals surface area contributed by atoms with Crippen LogP contribution in [0.1, 0.15) is 20.3 Å². The smallest absolute Gasteiger partial charge is 0.390 e. The Hall–Kier alpha value is -3.11. The van der Waals surface area contributed by atoms with Gasteiger partial charge in [-0.1, -0.05) is 35.3 Å². The maximum absolute atomic E-state index is 10.7. The van der Waals surface area contributed by atoms with Gasteiger partial charge in [0.15, 0.2) is 0 Å². The summed E-state index contributed by atoms with van der Waals surface area (Å²) < 4.78 is 1.06. The van der Waals surface area contributed by atoms with Gasteiger partial charge in [0.25, 0.3) is 0 Å². The molecule has 1 saturated carbocycles. The van der Waals surface area contributed by atoms with Gasteiger partial charge in [-0.3, -0.25) is 0 Å². The largest absolute Gasteiger partial charge is 0.396 e. The third kappa shape index (κ3) is 4.47. The van der Waals surface area contributed by atoms with Gasteiger partial charge >= 0.3 is 5.95 Å². The molecule has 0 spiro atoms. The van der Waals surface area contributed by atoms with Crippen molar-refractivity contribution in [3.63, 3.8) is 0 Å². The first-order valence-corrected chi connectivity index (χ1v) is 12.1. The number of anilines is 3. The van der Waals surface area contributed by atoms with E-state index in [9.17, 15) is 15.3 Å². The van der Waals surface area contributed by atoms with Gasteiger partial charge in [-0.05, 0) is 44.5 Å². The predicted molar refractivity (Wildman–Crippen MR) is 133 cm³/mol. The summed E-state index contributed by atoms with van der Waals surface area (Å²) in [5, 5.41) is 39.2. The highest BCUT2D eigenvalue weighted by Gasteiger charge is 2.48. The fourth-order valence-corrected chi connectivity index (χ4v) is 5.43. The molecule has 9 heteroatoms. The first kappa shape index (κ1) is 22.7. The van der Waals surface area contributed by atoms with Crippen LogP contribution < -0.4 is 15.6 Å². The molecule has 0 amide bonds. The molecule has 34 heavy (non-hydrogen) atoms. The minimum Gasteiger partial charge on any atom is -0.390 e. The molecule has 1 aliphatic rings. The SMILES string of the molecule is CC(C)(O)[C@H]1C[C@@H](Nc2nc(Nc3ccccc3)[nH+]cc2-c2nc3ccccc3s2)[C@H](O)[C@@H]1O. The Labute approximate surface area is 201 Å². The Balaban J connectivity index is 1.51. The van der Waals surface area contributed by atoms with Crippen molar-refractivity contribution in [2.75, 3.05) is 10.6 Å². The highest BCUT2D eigenvalue weighted by atomic mass is 32.1. The van der Waals surface area contributed by atoms with E-state index in [1.165, 1.54) is 0 Å². The number of aromatic amines is 1. The molecular weight excluding hydrogens is 450 g/mol. The number of aliphatic hydroxyl groups excluding tert-OH is 2. The molecule has 4 aromatic rings. The van der Waals surface area contributed by atoms with Crippen LogP contribution in [-0.4, -0.2) is 49.1 Å². The number of aliphatic hydroxyl groups is 3. The van der Waals surface area contributed by atoms with Gasteiger partial charge in [-0.25, -0.2) is 15.3 Å². The molecule has 0 bridgehead atoms. The van der Waals surface area contributed by atoms with Crippen LogP contribution in [0.3, 0.4) is 0 Å². The van der Waals surface area contributed by atoms with Crippen molar-refractivity contribution < 1.29 is 20.3 Å². The number of hydrogen-bond acceptors (Lipinski definition) is 8. The van der Waals surface area contributed by atoms with Gasteiger partial charge in [-0.2, -0.15) is 0 Å². The molecule has 6 N–H and O–H groups in total. The lowest BCUT2D eigenvalue weighted by Gasteiger charge is -2.28. The predicted octanol–water partition coefficient (Wildman–Crippen LogP) is 3.21. The topological polar surface area (TPSA) is 125 Å². The number of nitrogens with one attached hydrogen (secondary N) is 3. The molecule has 1 fully saturated rings. The molecule has 2 aromatic carbocycles. The van der Waals surface area contributed by atoms with Crippen LogP contribution in [0.2, 0.25) is 0 Å². The quantitative estimate of drug-likeness (QED) is 0.288. The third-order valence-electron chi connectivity index (χ3n) is 6.30. The van der Waals surface area contributed by atoms with Crippen molar-refractivity contribution in [3.8, 4) is 10.6 Å². The van der Waals surface area contributed by atoms with Crippen LogP contribution >= 0.6 is 11.3 Å². The normalized spacial score (nSPS) is 22.7. The lowest BCUT2D eigenvalue weighted by Crippen LogP contribution is -2.40. The lowest BCUT2D eigenvalue weighted by atomic mass is 9.88. The second-order valence-corrected chi connectivity index (χ2v) is 10.2. The summed E-state index contributed by atoms with van der Waals surface area (Å²) in [6.45, 7) is 3.31. The number of H-pyrrole nitrogens is 1. The molecule has 1 aliphatic carbocycles. The lowest BCUT2D eigenvalue weighted by molar-refractivity contribution is -0.363. The van der Waals surface area contributed by atoms with Crippen molar-refractivity contribution in [2.24, 2.45) is 5.92 Å². The average molecular weight is 479 g/mol. The summed E-state index contributed by atoms with van der Waals surface area (Å²) in [5.41, 5.74) is 1.42. The molecule has 0 unspecified atom stereocenters. The van der Waals surface area contributed by atoms with E-state index in [0.717, 1.165) is 26.5 Å². The maximum atomic E-state index is 10.7. The molecule has 176 valence electrons. The second kappa shape index (κ2) is 8.92. The first-order chi connectivity index (χ1) is 16.3. The molecular formula is C25H28N5O3S+. The van der Waals surface area contributed by atoms with Gasteiger partial charge in [0.2, 0.25) is 5.82 Å². The third-order valence-corrected chi connectivity index (χ3v) is 7.37. The van der Waals surface area contributed by atoms with Gasteiger partial charge in [0.05, 0.1) is 39.8 Å². The van der Waals surface area contributed by atoms with E-state index < -0.39 is 29.8 Å². The fraction of sp³-hybridized carbons (Fsp3) is 0.320. The Bertz CT molecular complexity index is 1260. The molecule has 0 radical (unpaired) electrons. The highest BCUT2D eigenvalue weighted by molar-refractivity contribution is 7.21. The monoisotopic (exact) mass is 478 g/mol. The first-order valence-electron chi connectivity index (χ1n) is 11.3. The van der Waals surface area contributed by atoms with Gasteiger partial charge in [-0.15, -0.1) is 11.3 Å². The van der Waals surface area contributed by atoms with Gasteiger partial charge < -0.3 is 20.6 Å². The molecule has 8 nitrogen and oxygen atoms in total. The minimum absolute atomic E-state index is 0.396. The van der Waals surface area contributed by atoms with Crippen LogP contribution in [-0.2, 0) is 0 Å². The molecule has 5 rings (SSSR count). The summed E-state index contributed by atoms with van der Waals surface area (Å²) in [5.74, 6) is 0.581. The number of hydrogen-bond donors (Lipinski definition) is 5. The second-order valence-electron chi connectivity index (χ2n) is 9.22. The number of fused-ring (bicyclic) bond motifs is 1. The number of para-hydroxylation sites is 2. The zero-order valence-electron chi connectivity index (χ0n) is 18.9. The summed E-state index contributed by atoms with van der Waals surface area (Å²) in [7, 11) is 0. The number of thiazole rings is 1. The van der Waals surface area contributed by atoms with Crippen LogP contribution in [0.5, 0.6) is 0 Å². The summed E-state index contributed by atoms with van der Waals surface area (Å²) in [6, 6.07) is 17.1. The van der Waals surface area contributed by atoms with E-state index in [0.29, 0.717) is 18.2 Å². The molecule has 2 heterocycles. The van der Waals surface area contributed by atoms with E-state index in [1.54, 1.807) is 25.2 Å². The van der Waals surface area contributed by atoms with Gasteiger partial charge in [0.1, 0.15) is 16.7 Å². The molecule has 0 aliphatic heterocycles. The van der Waals surface area contributed by atoms with E-state index in [4.69, 9.17) is 9.97 Å². The zero-order valence-corrected chi connectivity index (χ0v) is 19.8. The van der Waals surface area contributed by atoms with Crippen molar-refractivity contribution >= 4 is 39.0 Å². The van der Waals surface area contributed by atoms with Crippen LogP contribution in [0, 0.1) is 5.92 Å². The maximum Gasteiger partial charge on any atom is 0.396 e. The molecule has 4 atom stereocenters. The van der Waals surface area contributed by atoms with E-state index in [2.05, 4.69) is 15.6 Å². The number of benzene rings is 2. The van der Waals surface area contributed by atoms with Crippen LogP contribution in [0.25, 0.3) is 20.8 Å².